The van der Waals surface area contributed by atoms with Crippen molar-refractivity contribution < 1.29 is 22.7 Å². The van der Waals surface area contributed by atoms with E-state index in [4.69, 9.17) is 5.11 Å². The summed E-state index contributed by atoms with van der Waals surface area (Å²) in [6, 6.07) is 3.87. The fourth-order valence-corrected chi connectivity index (χ4v) is 1.04. The van der Waals surface area contributed by atoms with Gasteiger partial charge < -0.3 is 5.11 Å². The Morgan fingerprint density at radius 3 is 2.53 bits per heavy atom. The average molecular weight is 220 g/mol. The highest BCUT2D eigenvalue weighted by atomic mass is 19.4. The summed E-state index contributed by atoms with van der Waals surface area (Å²) in [5.74, 6) is -0.872. The van der Waals surface area contributed by atoms with E-state index in [1.54, 1.807) is 0 Å². The van der Waals surface area contributed by atoms with Crippen molar-refractivity contribution in [3.63, 3.8) is 0 Å². The second kappa shape index (κ2) is 4.44. The predicted molar refractivity (Wildman–Crippen MR) is 47.6 cm³/mol. The van der Waals surface area contributed by atoms with Crippen LogP contribution in [0.2, 0.25) is 0 Å². The summed E-state index contributed by atoms with van der Waals surface area (Å²) < 4.78 is 49.7. The third-order valence-corrected chi connectivity index (χ3v) is 1.74. The first-order valence-electron chi connectivity index (χ1n) is 4.09. The van der Waals surface area contributed by atoms with Crippen LogP contribution < -0.4 is 0 Å². The third-order valence-electron chi connectivity index (χ3n) is 1.74. The Balaban J connectivity index is 3.08. The molecule has 0 bridgehead atoms. The second-order valence-electron chi connectivity index (χ2n) is 2.81. The van der Waals surface area contributed by atoms with E-state index in [2.05, 4.69) is 0 Å². The second-order valence-corrected chi connectivity index (χ2v) is 2.81. The Morgan fingerprint density at radius 2 is 2.00 bits per heavy atom. The number of hydrogen-bond acceptors (Lipinski definition) is 1. The van der Waals surface area contributed by atoms with E-state index in [1.165, 1.54) is 6.07 Å². The topological polar surface area (TPSA) is 20.2 Å². The summed E-state index contributed by atoms with van der Waals surface area (Å²) in [6.07, 6.45) is -3.69. The monoisotopic (exact) mass is 220 g/mol. The van der Waals surface area contributed by atoms with E-state index < -0.39 is 24.2 Å². The smallest absolute Gasteiger partial charge is 0.392 e. The molecular formula is C10H8F4O. The van der Waals surface area contributed by atoms with Crippen LogP contribution in [-0.2, 0) is 6.18 Å². The molecule has 1 aromatic carbocycles. The van der Waals surface area contributed by atoms with Gasteiger partial charge in [0, 0.05) is 5.56 Å². The van der Waals surface area contributed by atoms with Crippen molar-refractivity contribution in [3.05, 3.63) is 41.5 Å². The Morgan fingerprint density at radius 1 is 1.33 bits per heavy atom. The molecule has 0 aliphatic carbocycles. The zero-order chi connectivity index (χ0) is 11.5. The molecule has 0 fully saturated rings. The molecule has 0 radical (unpaired) electrons. The molecule has 1 rings (SSSR count). The Hall–Kier alpha value is -1.36. The zero-order valence-corrected chi connectivity index (χ0v) is 7.55. The third kappa shape index (κ3) is 3.06. The summed E-state index contributed by atoms with van der Waals surface area (Å²) in [6.45, 7) is -0.553. The maximum absolute atomic E-state index is 13.0. The van der Waals surface area contributed by atoms with Gasteiger partial charge in [0.15, 0.2) is 0 Å². The van der Waals surface area contributed by atoms with Gasteiger partial charge in [-0.3, -0.25) is 0 Å². The molecule has 0 aliphatic heterocycles. The number of alkyl halides is 3. The quantitative estimate of drug-likeness (QED) is 0.759. The molecule has 82 valence electrons. The van der Waals surface area contributed by atoms with Gasteiger partial charge >= 0.3 is 6.18 Å². The van der Waals surface area contributed by atoms with Gasteiger partial charge in [0.2, 0.25) is 0 Å². The van der Waals surface area contributed by atoms with Crippen LogP contribution in [0, 0.1) is 0 Å². The van der Waals surface area contributed by atoms with Crippen molar-refractivity contribution in [1.29, 1.82) is 0 Å². The number of aliphatic hydroxyl groups is 1. The fourth-order valence-electron chi connectivity index (χ4n) is 1.04. The number of aliphatic hydroxyl groups excluding tert-OH is 1. The summed E-state index contributed by atoms with van der Waals surface area (Å²) in [5, 5.41) is 8.39. The normalized spacial score (nSPS) is 13.0. The van der Waals surface area contributed by atoms with Crippen LogP contribution in [0.15, 0.2) is 30.3 Å². The molecule has 0 saturated carbocycles. The van der Waals surface area contributed by atoms with Gasteiger partial charge in [0.1, 0.15) is 5.83 Å². The largest absolute Gasteiger partial charge is 0.416 e. The van der Waals surface area contributed by atoms with Gasteiger partial charge in [-0.1, -0.05) is 12.1 Å². The molecule has 15 heavy (non-hydrogen) atoms. The van der Waals surface area contributed by atoms with Crippen molar-refractivity contribution in [2.45, 2.75) is 6.18 Å². The molecule has 1 N–H and O–H groups in total. The van der Waals surface area contributed by atoms with Crippen LogP contribution in [0.4, 0.5) is 17.6 Å². The molecule has 5 heteroatoms. The molecule has 0 spiro atoms. The van der Waals surface area contributed by atoms with E-state index in [-0.39, 0.29) is 5.56 Å². The SMILES string of the molecule is OC/C=C(/F)c1cccc(C(F)(F)F)c1. The summed E-state index contributed by atoms with van der Waals surface area (Å²) in [7, 11) is 0. The highest BCUT2D eigenvalue weighted by molar-refractivity contribution is 5.59. The molecule has 1 aromatic rings. The standard InChI is InChI=1S/C10H8F4O/c11-9(4-5-15)7-2-1-3-8(6-7)10(12,13)14/h1-4,6,15H,5H2/b9-4+. The minimum absolute atomic E-state index is 0.195. The van der Waals surface area contributed by atoms with Gasteiger partial charge in [-0.15, -0.1) is 0 Å². The van der Waals surface area contributed by atoms with Crippen molar-refractivity contribution in [2.75, 3.05) is 6.61 Å². The van der Waals surface area contributed by atoms with Crippen molar-refractivity contribution in [3.8, 4) is 0 Å². The van der Waals surface area contributed by atoms with Crippen molar-refractivity contribution in [2.24, 2.45) is 0 Å². The first-order valence-corrected chi connectivity index (χ1v) is 4.09. The van der Waals surface area contributed by atoms with Crippen LogP contribution in [0.5, 0.6) is 0 Å². The van der Waals surface area contributed by atoms with E-state index in [0.717, 1.165) is 18.2 Å². The Kier molecular flexibility index (Phi) is 3.47. The fraction of sp³-hybridized carbons (Fsp3) is 0.200. The lowest BCUT2D eigenvalue weighted by atomic mass is 10.1. The van der Waals surface area contributed by atoms with Gasteiger partial charge in [0.25, 0.3) is 0 Å². The van der Waals surface area contributed by atoms with Crippen LogP contribution in [0.1, 0.15) is 11.1 Å². The first-order chi connectivity index (χ1) is 6.95. The number of hydrogen-bond donors (Lipinski definition) is 1. The minimum atomic E-state index is -4.49. The van der Waals surface area contributed by atoms with E-state index in [9.17, 15) is 17.6 Å². The molecule has 0 aromatic heterocycles. The van der Waals surface area contributed by atoms with Crippen LogP contribution in [0.25, 0.3) is 5.83 Å². The van der Waals surface area contributed by atoms with E-state index >= 15 is 0 Å². The van der Waals surface area contributed by atoms with E-state index in [0.29, 0.717) is 6.07 Å². The maximum atomic E-state index is 13.0. The molecule has 1 nitrogen and oxygen atoms in total. The van der Waals surface area contributed by atoms with Gasteiger partial charge in [-0.25, -0.2) is 4.39 Å². The predicted octanol–water partition coefficient (Wildman–Crippen LogP) is 3.01. The average Bonchev–Trinajstić information content (AvgIpc) is 2.17. The van der Waals surface area contributed by atoms with Gasteiger partial charge in [-0.2, -0.15) is 13.2 Å². The highest BCUT2D eigenvalue weighted by Crippen LogP contribution is 2.31. The molecule has 0 aliphatic rings. The van der Waals surface area contributed by atoms with Crippen molar-refractivity contribution in [1.82, 2.24) is 0 Å². The van der Waals surface area contributed by atoms with Crippen LogP contribution in [0.3, 0.4) is 0 Å². The Bertz CT molecular complexity index is 368. The summed E-state index contributed by atoms with van der Waals surface area (Å²) in [4.78, 5) is 0. The lowest BCUT2D eigenvalue weighted by molar-refractivity contribution is -0.137. The van der Waals surface area contributed by atoms with Crippen molar-refractivity contribution >= 4 is 5.83 Å². The van der Waals surface area contributed by atoms with Gasteiger partial charge in [-0.05, 0) is 18.2 Å². The van der Waals surface area contributed by atoms with E-state index in [1.807, 2.05) is 0 Å². The van der Waals surface area contributed by atoms with Crippen LogP contribution in [-0.4, -0.2) is 11.7 Å². The molecule has 0 heterocycles. The summed E-state index contributed by atoms with van der Waals surface area (Å²) >= 11 is 0. The number of rotatable bonds is 2. The highest BCUT2D eigenvalue weighted by Gasteiger charge is 2.30. The zero-order valence-electron chi connectivity index (χ0n) is 7.55. The minimum Gasteiger partial charge on any atom is -0.392 e. The molecule has 0 atom stereocenters. The first kappa shape index (κ1) is 11.7. The number of benzene rings is 1. The molecule has 0 saturated heterocycles. The molecule has 0 unspecified atom stereocenters. The van der Waals surface area contributed by atoms with Crippen LogP contribution >= 0.6 is 0 Å². The molecular weight excluding hydrogens is 212 g/mol. The van der Waals surface area contributed by atoms with Gasteiger partial charge in [0.05, 0.1) is 12.2 Å². The molecule has 0 amide bonds. The maximum Gasteiger partial charge on any atom is 0.416 e. The Labute approximate surface area is 83.7 Å². The lowest BCUT2D eigenvalue weighted by Crippen LogP contribution is -2.04. The number of halogens is 4. The lowest BCUT2D eigenvalue weighted by Gasteiger charge is -2.07. The summed E-state index contributed by atoms with van der Waals surface area (Å²) in [5.41, 5.74) is -1.11.